The molecule has 1 saturated heterocycles. The largest absolute Gasteiger partial charge is 0.473 e. The summed E-state index contributed by atoms with van der Waals surface area (Å²) < 4.78 is 70.5. The van der Waals surface area contributed by atoms with Crippen molar-refractivity contribution in [2.45, 2.75) is 56.1 Å². The van der Waals surface area contributed by atoms with Crippen LogP contribution < -0.4 is 4.74 Å². The van der Waals surface area contributed by atoms with Gasteiger partial charge in [0.25, 0.3) is 0 Å². The van der Waals surface area contributed by atoms with Crippen molar-refractivity contribution in [2.75, 3.05) is 13.1 Å². The molecular formula is C16H21F3N2O3S. The van der Waals surface area contributed by atoms with Gasteiger partial charge in [0.15, 0.2) is 0 Å². The summed E-state index contributed by atoms with van der Waals surface area (Å²) in [6.07, 6.45) is 0.824. The average molecular weight is 378 g/mol. The van der Waals surface area contributed by atoms with Gasteiger partial charge >= 0.3 is 6.18 Å². The highest BCUT2D eigenvalue weighted by Gasteiger charge is 2.38. The summed E-state index contributed by atoms with van der Waals surface area (Å²) >= 11 is 0. The van der Waals surface area contributed by atoms with Crippen molar-refractivity contribution in [3.8, 4) is 5.88 Å². The Kier molecular flexibility index (Phi) is 5.24. The fourth-order valence-corrected chi connectivity index (χ4v) is 5.50. The van der Waals surface area contributed by atoms with Crippen LogP contribution in [0.2, 0.25) is 0 Å². The number of hydrogen-bond donors (Lipinski definition) is 0. The molecule has 0 amide bonds. The first-order chi connectivity index (χ1) is 11.8. The maximum atomic E-state index is 12.7. The van der Waals surface area contributed by atoms with E-state index >= 15 is 0 Å². The molecule has 0 bridgehead atoms. The van der Waals surface area contributed by atoms with Gasteiger partial charge in [-0.25, -0.2) is 13.4 Å². The summed E-state index contributed by atoms with van der Waals surface area (Å²) in [6.45, 7) is 0.499. The Balaban J connectivity index is 1.63. The van der Waals surface area contributed by atoms with E-state index in [1.165, 1.54) is 4.31 Å². The maximum Gasteiger partial charge on any atom is 0.416 e. The highest BCUT2D eigenvalue weighted by molar-refractivity contribution is 7.89. The fraction of sp³-hybridized carbons (Fsp3) is 0.688. The number of aromatic nitrogens is 1. The lowest BCUT2D eigenvalue weighted by molar-refractivity contribution is -0.137. The summed E-state index contributed by atoms with van der Waals surface area (Å²) in [5.41, 5.74) is -0.831. The Labute approximate surface area is 145 Å². The van der Waals surface area contributed by atoms with Crippen molar-refractivity contribution in [1.29, 1.82) is 0 Å². The zero-order valence-electron chi connectivity index (χ0n) is 13.7. The van der Waals surface area contributed by atoms with Gasteiger partial charge in [-0.2, -0.15) is 17.5 Å². The van der Waals surface area contributed by atoms with Crippen LogP contribution in [0.25, 0.3) is 0 Å². The van der Waals surface area contributed by atoms with E-state index in [9.17, 15) is 21.6 Å². The smallest absolute Gasteiger partial charge is 0.416 e. The molecule has 0 aromatic carbocycles. The lowest BCUT2D eigenvalue weighted by Crippen LogP contribution is -2.39. The summed E-state index contributed by atoms with van der Waals surface area (Å²) in [7, 11) is -3.37. The number of pyridine rings is 1. The molecule has 140 valence electrons. The Morgan fingerprint density at radius 2 is 1.88 bits per heavy atom. The first-order valence-electron chi connectivity index (χ1n) is 8.45. The molecule has 25 heavy (non-hydrogen) atoms. The predicted octanol–water partition coefficient (Wildman–Crippen LogP) is 3.22. The van der Waals surface area contributed by atoms with Gasteiger partial charge < -0.3 is 4.74 Å². The number of alkyl halides is 3. The van der Waals surface area contributed by atoms with Crippen LogP contribution in [0, 0.1) is 0 Å². The molecule has 0 N–H and O–H groups in total. The van der Waals surface area contributed by atoms with Crippen molar-refractivity contribution >= 4 is 10.0 Å². The molecule has 3 rings (SSSR count). The lowest BCUT2D eigenvalue weighted by Gasteiger charge is -2.26. The molecule has 0 spiro atoms. The van der Waals surface area contributed by atoms with Crippen LogP contribution in [-0.2, 0) is 16.2 Å². The molecule has 1 unspecified atom stereocenters. The molecule has 2 fully saturated rings. The Morgan fingerprint density at radius 3 is 2.56 bits per heavy atom. The van der Waals surface area contributed by atoms with E-state index in [0.29, 0.717) is 25.8 Å². The first-order valence-corrected chi connectivity index (χ1v) is 9.96. The van der Waals surface area contributed by atoms with E-state index < -0.39 is 27.9 Å². The van der Waals surface area contributed by atoms with E-state index in [4.69, 9.17) is 4.74 Å². The second-order valence-electron chi connectivity index (χ2n) is 6.57. The van der Waals surface area contributed by atoms with Crippen LogP contribution in [0.3, 0.4) is 0 Å². The zero-order chi connectivity index (χ0) is 18.1. The second-order valence-corrected chi connectivity index (χ2v) is 8.79. The molecule has 2 aliphatic rings. The van der Waals surface area contributed by atoms with E-state index in [2.05, 4.69) is 4.98 Å². The van der Waals surface area contributed by atoms with Crippen LogP contribution in [0.1, 0.15) is 44.1 Å². The van der Waals surface area contributed by atoms with Crippen LogP contribution >= 0.6 is 0 Å². The van der Waals surface area contributed by atoms with Gasteiger partial charge in [-0.05, 0) is 25.3 Å². The van der Waals surface area contributed by atoms with Crippen molar-refractivity contribution in [1.82, 2.24) is 9.29 Å². The van der Waals surface area contributed by atoms with Crippen molar-refractivity contribution in [3.63, 3.8) is 0 Å². The Bertz CT molecular complexity index is 703. The van der Waals surface area contributed by atoms with Crippen LogP contribution in [0.15, 0.2) is 18.3 Å². The molecule has 0 radical (unpaired) electrons. The topological polar surface area (TPSA) is 59.5 Å². The van der Waals surface area contributed by atoms with E-state index in [1.807, 2.05) is 0 Å². The number of nitrogens with zero attached hydrogens (tertiary/aromatic N) is 2. The Morgan fingerprint density at radius 1 is 1.16 bits per heavy atom. The minimum absolute atomic E-state index is 0.128. The monoisotopic (exact) mass is 378 g/mol. The highest BCUT2D eigenvalue weighted by atomic mass is 32.2. The molecule has 1 aromatic rings. The predicted molar refractivity (Wildman–Crippen MR) is 85.6 cm³/mol. The standard InChI is InChI=1S/C16H21F3N2O3S/c17-16(18,19)12-6-8-20-15(10-12)24-13-7-9-21(11-13)25(22,23)14-4-2-1-3-5-14/h6,8,10,13-14H,1-5,7,9,11H2. The maximum absolute atomic E-state index is 12.7. The number of rotatable bonds is 4. The number of hydrogen-bond acceptors (Lipinski definition) is 4. The molecule has 2 heterocycles. The van der Waals surface area contributed by atoms with Crippen LogP contribution in [-0.4, -0.2) is 42.2 Å². The third-order valence-corrected chi connectivity index (χ3v) is 7.16. The number of halogens is 3. The summed E-state index contributed by atoms with van der Waals surface area (Å²) in [5, 5.41) is -0.341. The molecule has 1 aliphatic heterocycles. The zero-order valence-corrected chi connectivity index (χ0v) is 14.5. The van der Waals surface area contributed by atoms with E-state index in [-0.39, 0.29) is 17.7 Å². The molecule has 9 heteroatoms. The minimum Gasteiger partial charge on any atom is -0.473 e. The third kappa shape index (κ3) is 4.25. The van der Waals surface area contributed by atoms with Gasteiger partial charge in [0, 0.05) is 18.8 Å². The van der Waals surface area contributed by atoms with Gasteiger partial charge in [-0.15, -0.1) is 0 Å². The minimum atomic E-state index is -4.47. The fourth-order valence-electron chi connectivity index (χ4n) is 3.42. The SMILES string of the molecule is O=S(=O)(C1CCCCC1)N1CCC(Oc2cc(C(F)(F)F)ccn2)C1. The van der Waals surface area contributed by atoms with Crippen LogP contribution in [0.5, 0.6) is 5.88 Å². The molecule has 1 saturated carbocycles. The summed E-state index contributed by atoms with van der Waals surface area (Å²) in [6, 6.07) is 1.72. The Hall–Kier alpha value is -1.35. The first kappa shape index (κ1) is 18.4. The van der Waals surface area contributed by atoms with Crippen molar-refractivity contribution in [2.24, 2.45) is 0 Å². The van der Waals surface area contributed by atoms with Crippen LogP contribution in [0.4, 0.5) is 13.2 Å². The lowest BCUT2D eigenvalue weighted by atomic mass is 10.0. The van der Waals surface area contributed by atoms with Gasteiger partial charge in [0.1, 0.15) is 6.10 Å². The number of ether oxygens (including phenoxy) is 1. The van der Waals surface area contributed by atoms with E-state index in [1.54, 1.807) is 0 Å². The third-order valence-electron chi connectivity index (χ3n) is 4.79. The number of sulfonamides is 1. The second kappa shape index (κ2) is 7.11. The van der Waals surface area contributed by atoms with Gasteiger partial charge in [0.2, 0.25) is 15.9 Å². The van der Waals surface area contributed by atoms with Gasteiger partial charge in [-0.3, -0.25) is 0 Å². The van der Waals surface area contributed by atoms with Gasteiger partial charge in [-0.1, -0.05) is 19.3 Å². The molecule has 1 atom stereocenters. The van der Waals surface area contributed by atoms with Gasteiger partial charge in [0.05, 0.1) is 17.4 Å². The summed E-state index contributed by atoms with van der Waals surface area (Å²) in [5.74, 6) is -0.128. The summed E-state index contributed by atoms with van der Waals surface area (Å²) in [4.78, 5) is 3.80. The average Bonchev–Trinajstić information content (AvgIpc) is 3.04. The van der Waals surface area contributed by atoms with Crippen molar-refractivity contribution < 1.29 is 26.3 Å². The highest BCUT2D eigenvalue weighted by Crippen LogP contribution is 2.32. The molecular weight excluding hydrogens is 357 g/mol. The quantitative estimate of drug-likeness (QED) is 0.807. The molecule has 5 nitrogen and oxygen atoms in total. The van der Waals surface area contributed by atoms with E-state index in [0.717, 1.165) is 37.6 Å². The van der Waals surface area contributed by atoms with Crippen molar-refractivity contribution in [3.05, 3.63) is 23.9 Å². The molecule has 1 aromatic heterocycles. The normalized spacial score (nSPS) is 23.7. The molecule has 1 aliphatic carbocycles.